The molecule has 2 aromatic rings. The first-order valence-corrected chi connectivity index (χ1v) is 5.85. The SMILES string of the molecule is NNC(=O)c1ccc(-c2ccc(Br)cc2Cl)o1. The van der Waals surface area contributed by atoms with Gasteiger partial charge in [0.15, 0.2) is 5.76 Å². The van der Waals surface area contributed by atoms with Crippen molar-refractivity contribution in [1.82, 2.24) is 5.43 Å². The first-order valence-electron chi connectivity index (χ1n) is 4.68. The zero-order valence-corrected chi connectivity index (χ0v) is 10.9. The molecule has 1 aromatic heterocycles. The van der Waals surface area contributed by atoms with Crippen LogP contribution in [0.2, 0.25) is 5.02 Å². The van der Waals surface area contributed by atoms with Crippen LogP contribution in [-0.4, -0.2) is 5.91 Å². The van der Waals surface area contributed by atoms with Crippen molar-refractivity contribution in [2.24, 2.45) is 5.84 Å². The van der Waals surface area contributed by atoms with Crippen LogP contribution in [0.1, 0.15) is 10.6 Å². The number of nitrogens with two attached hydrogens (primary N) is 1. The summed E-state index contributed by atoms with van der Waals surface area (Å²) in [6, 6.07) is 8.60. The molecule has 0 unspecified atom stereocenters. The summed E-state index contributed by atoms with van der Waals surface area (Å²) in [7, 11) is 0. The highest BCUT2D eigenvalue weighted by atomic mass is 79.9. The van der Waals surface area contributed by atoms with Crippen LogP contribution < -0.4 is 11.3 Å². The summed E-state index contributed by atoms with van der Waals surface area (Å²) in [5.74, 6) is 5.18. The molecule has 0 bridgehead atoms. The fourth-order valence-corrected chi connectivity index (χ4v) is 2.13. The highest BCUT2D eigenvalue weighted by Gasteiger charge is 2.12. The first kappa shape index (κ1) is 12.2. The Morgan fingerprint density at radius 1 is 1.35 bits per heavy atom. The third-order valence-corrected chi connectivity index (χ3v) is 2.96. The lowest BCUT2D eigenvalue weighted by Gasteiger charge is -2.01. The van der Waals surface area contributed by atoms with Crippen LogP contribution in [0.15, 0.2) is 39.2 Å². The number of halogens is 2. The molecular formula is C11H8BrClN2O2. The Kier molecular flexibility index (Phi) is 3.51. The van der Waals surface area contributed by atoms with Crippen LogP contribution in [-0.2, 0) is 0 Å². The number of carbonyl (C=O) groups excluding carboxylic acids is 1. The molecule has 0 fully saturated rings. The van der Waals surface area contributed by atoms with E-state index in [4.69, 9.17) is 21.9 Å². The van der Waals surface area contributed by atoms with Crippen molar-refractivity contribution < 1.29 is 9.21 Å². The smallest absolute Gasteiger partial charge is 0.300 e. The molecule has 2 rings (SSSR count). The predicted octanol–water partition coefficient (Wildman–Crippen LogP) is 2.97. The van der Waals surface area contributed by atoms with E-state index in [1.165, 1.54) is 6.07 Å². The number of carbonyl (C=O) groups is 1. The summed E-state index contributed by atoms with van der Waals surface area (Å²) in [6.07, 6.45) is 0. The van der Waals surface area contributed by atoms with Crippen LogP contribution in [0, 0.1) is 0 Å². The minimum absolute atomic E-state index is 0.140. The molecule has 0 radical (unpaired) electrons. The van der Waals surface area contributed by atoms with Gasteiger partial charge in [-0.05, 0) is 30.3 Å². The maximum absolute atomic E-state index is 11.2. The number of amides is 1. The lowest BCUT2D eigenvalue weighted by atomic mass is 10.2. The number of benzene rings is 1. The topological polar surface area (TPSA) is 68.3 Å². The molecule has 0 aliphatic heterocycles. The van der Waals surface area contributed by atoms with Gasteiger partial charge in [0.25, 0.3) is 0 Å². The predicted molar refractivity (Wildman–Crippen MR) is 68.5 cm³/mol. The van der Waals surface area contributed by atoms with Crippen LogP contribution >= 0.6 is 27.5 Å². The average Bonchev–Trinajstić information content (AvgIpc) is 2.77. The average molecular weight is 316 g/mol. The van der Waals surface area contributed by atoms with Crippen molar-refractivity contribution in [3.8, 4) is 11.3 Å². The quantitative estimate of drug-likeness (QED) is 0.508. The van der Waals surface area contributed by atoms with E-state index in [1.807, 2.05) is 11.5 Å². The summed E-state index contributed by atoms with van der Waals surface area (Å²) >= 11 is 9.38. The van der Waals surface area contributed by atoms with Gasteiger partial charge in [0, 0.05) is 10.0 Å². The van der Waals surface area contributed by atoms with Gasteiger partial charge in [-0.2, -0.15) is 0 Å². The van der Waals surface area contributed by atoms with E-state index in [-0.39, 0.29) is 5.76 Å². The summed E-state index contributed by atoms with van der Waals surface area (Å²) in [5.41, 5.74) is 2.71. The summed E-state index contributed by atoms with van der Waals surface area (Å²) in [6.45, 7) is 0. The first-order chi connectivity index (χ1) is 8.11. The minimum atomic E-state index is -0.482. The second-order valence-electron chi connectivity index (χ2n) is 3.26. The molecule has 0 aliphatic carbocycles. The number of furan rings is 1. The second-order valence-corrected chi connectivity index (χ2v) is 4.58. The van der Waals surface area contributed by atoms with Crippen LogP contribution in [0.25, 0.3) is 11.3 Å². The highest BCUT2D eigenvalue weighted by Crippen LogP contribution is 2.31. The monoisotopic (exact) mass is 314 g/mol. The van der Waals surface area contributed by atoms with Crippen molar-refractivity contribution in [3.05, 3.63) is 45.6 Å². The molecule has 4 nitrogen and oxygen atoms in total. The van der Waals surface area contributed by atoms with E-state index in [2.05, 4.69) is 15.9 Å². The molecule has 1 amide bonds. The largest absolute Gasteiger partial charge is 0.451 e. The molecule has 0 saturated carbocycles. The number of nitrogen functional groups attached to an aromatic ring is 1. The summed E-state index contributed by atoms with van der Waals surface area (Å²) in [5, 5.41) is 0.536. The van der Waals surface area contributed by atoms with E-state index in [0.717, 1.165) is 4.47 Å². The van der Waals surface area contributed by atoms with Gasteiger partial charge >= 0.3 is 5.91 Å². The zero-order valence-electron chi connectivity index (χ0n) is 8.54. The van der Waals surface area contributed by atoms with Gasteiger partial charge in [-0.1, -0.05) is 27.5 Å². The van der Waals surface area contributed by atoms with Crippen molar-refractivity contribution in [1.29, 1.82) is 0 Å². The molecule has 6 heteroatoms. The number of hydrazine groups is 1. The van der Waals surface area contributed by atoms with Gasteiger partial charge in [0.05, 0.1) is 5.02 Å². The van der Waals surface area contributed by atoms with E-state index >= 15 is 0 Å². The maximum atomic E-state index is 11.2. The Hall–Kier alpha value is -1.30. The van der Waals surface area contributed by atoms with Crippen molar-refractivity contribution >= 4 is 33.4 Å². The normalized spacial score (nSPS) is 10.3. The molecule has 88 valence electrons. The Bertz CT molecular complexity index is 568. The third kappa shape index (κ3) is 2.52. The van der Waals surface area contributed by atoms with Gasteiger partial charge in [-0.3, -0.25) is 10.2 Å². The van der Waals surface area contributed by atoms with Crippen molar-refractivity contribution in [3.63, 3.8) is 0 Å². The fourth-order valence-electron chi connectivity index (χ4n) is 1.37. The maximum Gasteiger partial charge on any atom is 0.300 e. The molecule has 0 saturated heterocycles. The van der Waals surface area contributed by atoms with E-state index < -0.39 is 5.91 Å². The number of hydrogen-bond donors (Lipinski definition) is 2. The van der Waals surface area contributed by atoms with Gasteiger partial charge in [0.1, 0.15) is 5.76 Å². The highest BCUT2D eigenvalue weighted by molar-refractivity contribution is 9.10. The van der Waals surface area contributed by atoms with E-state index in [1.54, 1.807) is 18.2 Å². The summed E-state index contributed by atoms with van der Waals surface area (Å²) < 4.78 is 6.22. The number of nitrogens with one attached hydrogen (secondary N) is 1. The molecule has 1 aromatic carbocycles. The van der Waals surface area contributed by atoms with Gasteiger partial charge in [-0.15, -0.1) is 0 Å². The van der Waals surface area contributed by atoms with Crippen molar-refractivity contribution in [2.45, 2.75) is 0 Å². The molecular weight excluding hydrogens is 307 g/mol. The van der Waals surface area contributed by atoms with Gasteiger partial charge in [-0.25, -0.2) is 5.84 Å². The van der Waals surface area contributed by atoms with Gasteiger partial charge < -0.3 is 4.42 Å². The number of rotatable bonds is 2. The molecule has 17 heavy (non-hydrogen) atoms. The van der Waals surface area contributed by atoms with Gasteiger partial charge in [0.2, 0.25) is 0 Å². The summed E-state index contributed by atoms with van der Waals surface area (Å²) in [4.78, 5) is 11.2. The lowest BCUT2D eigenvalue weighted by Crippen LogP contribution is -2.29. The molecule has 1 heterocycles. The minimum Gasteiger partial charge on any atom is -0.451 e. The second kappa shape index (κ2) is 4.91. The van der Waals surface area contributed by atoms with Crippen LogP contribution in [0.5, 0.6) is 0 Å². The Labute approximate surface area is 111 Å². The molecule has 0 aliphatic rings. The van der Waals surface area contributed by atoms with Crippen LogP contribution in [0.3, 0.4) is 0 Å². The molecule has 0 spiro atoms. The van der Waals surface area contributed by atoms with E-state index in [9.17, 15) is 4.79 Å². The van der Waals surface area contributed by atoms with E-state index in [0.29, 0.717) is 16.3 Å². The Morgan fingerprint density at radius 3 is 2.76 bits per heavy atom. The molecule has 3 N–H and O–H groups in total. The number of hydrogen-bond acceptors (Lipinski definition) is 3. The standard InChI is InChI=1S/C11H8BrClN2O2/c12-6-1-2-7(8(13)5-6)9-3-4-10(17-9)11(16)15-14/h1-5H,14H2,(H,15,16). The zero-order chi connectivity index (χ0) is 12.4. The van der Waals surface area contributed by atoms with Crippen LogP contribution in [0.4, 0.5) is 0 Å². The Morgan fingerprint density at radius 2 is 2.12 bits per heavy atom. The lowest BCUT2D eigenvalue weighted by molar-refractivity contribution is 0.0927. The third-order valence-electron chi connectivity index (χ3n) is 2.16. The Balaban J connectivity index is 2.40. The fraction of sp³-hybridized carbons (Fsp3) is 0. The molecule has 0 atom stereocenters. The van der Waals surface area contributed by atoms with Crippen molar-refractivity contribution in [2.75, 3.05) is 0 Å².